The second-order valence-electron chi connectivity index (χ2n) is 8.82. The fraction of sp³-hybridized carbons (Fsp3) is 0.440. The first-order valence-corrected chi connectivity index (χ1v) is 11.2. The van der Waals surface area contributed by atoms with Crippen molar-refractivity contribution in [3.8, 4) is 0 Å². The molecule has 4 rings (SSSR count). The fourth-order valence-corrected chi connectivity index (χ4v) is 5.07. The molecule has 7 heteroatoms. The Morgan fingerprint density at radius 3 is 2.72 bits per heavy atom. The number of benzene rings is 1. The van der Waals surface area contributed by atoms with Crippen molar-refractivity contribution in [2.75, 3.05) is 13.2 Å². The number of hydrogen-bond donors (Lipinski definition) is 1. The van der Waals surface area contributed by atoms with Crippen LogP contribution in [0.1, 0.15) is 48.8 Å². The quantitative estimate of drug-likeness (QED) is 0.704. The number of aliphatic hydroxyl groups is 1. The number of hydrogen-bond acceptors (Lipinski definition) is 5. The van der Waals surface area contributed by atoms with Crippen molar-refractivity contribution in [1.82, 2.24) is 14.8 Å². The second-order valence-corrected chi connectivity index (χ2v) is 8.82. The molecule has 1 N–H and O–H groups in total. The highest BCUT2D eigenvalue weighted by Crippen LogP contribution is 2.42. The molecule has 0 bridgehead atoms. The van der Waals surface area contributed by atoms with E-state index < -0.39 is 5.41 Å². The first-order valence-electron chi connectivity index (χ1n) is 11.2. The lowest BCUT2D eigenvalue weighted by Crippen LogP contribution is -2.49. The summed E-state index contributed by atoms with van der Waals surface area (Å²) >= 11 is 0. The summed E-state index contributed by atoms with van der Waals surface area (Å²) in [5.41, 5.74) is 1.12. The molecular formula is C25H29N3O4. The molecule has 0 radical (unpaired) electrons. The van der Waals surface area contributed by atoms with Crippen LogP contribution >= 0.6 is 0 Å². The van der Waals surface area contributed by atoms with Crippen LogP contribution in [0.4, 0.5) is 0 Å². The molecule has 2 fully saturated rings. The lowest BCUT2D eigenvalue weighted by atomic mass is 9.73. The first-order chi connectivity index (χ1) is 15.5. The Kier molecular flexibility index (Phi) is 6.37. The zero-order valence-corrected chi connectivity index (χ0v) is 18.4. The Bertz CT molecular complexity index is 1010. The minimum absolute atomic E-state index is 0.0413. The van der Waals surface area contributed by atoms with Gasteiger partial charge in [-0.1, -0.05) is 30.3 Å². The molecule has 7 nitrogen and oxygen atoms in total. The molecule has 32 heavy (non-hydrogen) atoms. The van der Waals surface area contributed by atoms with Crippen LogP contribution in [0.2, 0.25) is 0 Å². The summed E-state index contributed by atoms with van der Waals surface area (Å²) in [5, 5.41) is 9.77. The maximum Gasteiger partial charge on any atom is 0.241 e. The molecule has 0 saturated carbocycles. The van der Waals surface area contributed by atoms with Crippen LogP contribution in [0.15, 0.2) is 48.8 Å². The van der Waals surface area contributed by atoms with Gasteiger partial charge < -0.3 is 10.0 Å². The number of amides is 3. The van der Waals surface area contributed by atoms with Gasteiger partial charge in [-0.2, -0.15) is 0 Å². The molecule has 1 aromatic heterocycles. The van der Waals surface area contributed by atoms with Gasteiger partial charge in [0.05, 0.1) is 24.6 Å². The van der Waals surface area contributed by atoms with Gasteiger partial charge in [0.25, 0.3) is 0 Å². The summed E-state index contributed by atoms with van der Waals surface area (Å²) in [6, 6.07) is 10.8. The van der Waals surface area contributed by atoms with Crippen LogP contribution in [0.3, 0.4) is 0 Å². The van der Waals surface area contributed by atoms with Crippen molar-refractivity contribution in [1.29, 1.82) is 0 Å². The number of aromatic nitrogens is 1. The molecule has 2 aromatic rings. The molecule has 2 atom stereocenters. The summed E-state index contributed by atoms with van der Waals surface area (Å²) in [6.07, 6.45) is 5.75. The second kappa shape index (κ2) is 9.20. The fourth-order valence-electron chi connectivity index (χ4n) is 5.07. The molecule has 168 valence electrons. The minimum atomic E-state index is -1.24. The van der Waals surface area contributed by atoms with Crippen LogP contribution in [-0.4, -0.2) is 56.8 Å². The Hall–Kier alpha value is -3.06. The highest BCUT2D eigenvalue weighted by atomic mass is 16.3. The van der Waals surface area contributed by atoms with Crippen LogP contribution < -0.4 is 0 Å². The average Bonchev–Trinajstić information content (AvgIpc) is 3.04. The monoisotopic (exact) mass is 435 g/mol. The number of imide groups is 1. The van der Waals surface area contributed by atoms with E-state index >= 15 is 0 Å². The number of piperidine rings is 1. The number of rotatable bonds is 6. The maximum absolute atomic E-state index is 13.8. The predicted octanol–water partition coefficient (Wildman–Crippen LogP) is 2.35. The molecule has 0 unspecified atom stereocenters. The van der Waals surface area contributed by atoms with Crippen LogP contribution in [0.25, 0.3) is 0 Å². The molecule has 0 spiro atoms. The Morgan fingerprint density at radius 2 is 2.00 bits per heavy atom. The van der Waals surface area contributed by atoms with E-state index in [2.05, 4.69) is 4.98 Å². The van der Waals surface area contributed by atoms with Crippen molar-refractivity contribution >= 4 is 17.7 Å². The molecule has 3 heterocycles. The lowest BCUT2D eigenvalue weighted by Gasteiger charge is -2.37. The van der Waals surface area contributed by atoms with E-state index in [-0.39, 0.29) is 49.8 Å². The smallest absolute Gasteiger partial charge is 0.241 e. The minimum Gasteiger partial charge on any atom is -0.394 e. The summed E-state index contributed by atoms with van der Waals surface area (Å²) in [4.78, 5) is 47.4. The number of nitrogens with zero attached hydrogens (tertiary/aromatic N) is 3. The van der Waals surface area contributed by atoms with Crippen LogP contribution in [0, 0.1) is 6.92 Å². The SMILES string of the molecule is Cc1ccccc1[C@]1(CC(=O)N2CCCC[C@@H]2CO)CC(=O)N(Cc2cccnc2)C1=O. The van der Waals surface area contributed by atoms with E-state index in [0.717, 1.165) is 36.0 Å². The molecule has 0 aliphatic carbocycles. The Labute approximate surface area is 188 Å². The largest absolute Gasteiger partial charge is 0.394 e. The van der Waals surface area contributed by atoms with E-state index in [4.69, 9.17) is 0 Å². The summed E-state index contributed by atoms with van der Waals surface area (Å²) in [5.74, 6) is -0.810. The van der Waals surface area contributed by atoms with Gasteiger partial charge in [0.15, 0.2) is 0 Å². The number of aliphatic hydroxyl groups excluding tert-OH is 1. The molecular weight excluding hydrogens is 406 g/mol. The number of pyridine rings is 1. The molecule has 1 aromatic carbocycles. The third kappa shape index (κ3) is 4.05. The van der Waals surface area contributed by atoms with Crippen molar-refractivity contribution in [2.24, 2.45) is 0 Å². The zero-order chi connectivity index (χ0) is 22.7. The number of carbonyl (C=O) groups excluding carboxylic acids is 3. The first kappa shape index (κ1) is 22.1. The topological polar surface area (TPSA) is 90.8 Å². The van der Waals surface area contributed by atoms with Gasteiger partial charge in [-0.05, 0) is 48.9 Å². The normalized spacial score (nSPS) is 23.6. The zero-order valence-electron chi connectivity index (χ0n) is 18.4. The summed E-state index contributed by atoms with van der Waals surface area (Å²) < 4.78 is 0. The van der Waals surface area contributed by atoms with Gasteiger partial charge >= 0.3 is 0 Å². The molecule has 2 saturated heterocycles. The van der Waals surface area contributed by atoms with E-state index in [1.54, 1.807) is 23.4 Å². The van der Waals surface area contributed by atoms with Gasteiger partial charge in [0.1, 0.15) is 0 Å². The lowest BCUT2D eigenvalue weighted by molar-refractivity contribution is -0.144. The Balaban J connectivity index is 1.69. The van der Waals surface area contributed by atoms with E-state index in [9.17, 15) is 19.5 Å². The van der Waals surface area contributed by atoms with Gasteiger partial charge in [0.2, 0.25) is 17.7 Å². The highest BCUT2D eigenvalue weighted by Gasteiger charge is 2.54. The molecule has 2 aliphatic heterocycles. The highest BCUT2D eigenvalue weighted by molar-refractivity contribution is 6.10. The van der Waals surface area contributed by atoms with E-state index in [1.165, 1.54) is 4.90 Å². The molecule has 3 amide bonds. The summed E-state index contributed by atoms with van der Waals surface area (Å²) in [6.45, 7) is 2.51. The van der Waals surface area contributed by atoms with Gasteiger partial charge in [-0.3, -0.25) is 24.3 Å². The van der Waals surface area contributed by atoms with Crippen molar-refractivity contribution in [2.45, 2.75) is 57.0 Å². The van der Waals surface area contributed by atoms with Gasteiger partial charge in [-0.15, -0.1) is 0 Å². The van der Waals surface area contributed by atoms with Crippen molar-refractivity contribution < 1.29 is 19.5 Å². The van der Waals surface area contributed by atoms with Crippen LogP contribution in [-0.2, 0) is 26.3 Å². The number of aryl methyl sites for hydroxylation is 1. The average molecular weight is 436 g/mol. The van der Waals surface area contributed by atoms with Crippen LogP contribution in [0.5, 0.6) is 0 Å². The molecule has 2 aliphatic rings. The van der Waals surface area contributed by atoms with Crippen molar-refractivity contribution in [3.05, 3.63) is 65.5 Å². The van der Waals surface area contributed by atoms with Gasteiger partial charge in [-0.25, -0.2) is 0 Å². The third-order valence-corrected chi connectivity index (χ3v) is 6.74. The van der Waals surface area contributed by atoms with Crippen molar-refractivity contribution in [3.63, 3.8) is 0 Å². The maximum atomic E-state index is 13.8. The third-order valence-electron chi connectivity index (χ3n) is 6.74. The number of likely N-dealkylation sites (tertiary alicyclic amines) is 2. The van der Waals surface area contributed by atoms with E-state index in [0.29, 0.717) is 6.54 Å². The van der Waals surface area contributed by atoms with Gasteiger partial charge in [0, 0.05) is 31.8 Å². The number of carbonyl (C=O) groups is 3. The standard InChI is InChI=1S/C25H29N3O4/c1-18-7-2-3-10-21(18)25(13-22(30)27-12-5-4-9-20(27)17-29)14-23(31)28(24(25)32)16-19-8-6-11-26-15-19/h2-3,6-8,10-11,15,20,29H,4-5,9,12-14,16-17H2,1H3/t20-,25+/m1/s1. The Morgan fingerprint density at radius 1 is 1.19 bits per heavy atom. The summed E-state index contributed by atoms with van der Waals surface area (Å²) in [7, 11) is 0. The van der Waals surface area contributed by atoms with E-state index in [1.807, 2.05) is 37.3 Å². The predicted molar refractivity (Wildman–Crippen MR) is 118 cm³/mol.